The Morgan fingerprint density at radius 1 is 1.07 bits per heavy atom. The number of piperidine rings is 1. The molecule has 0 atom stereocenters. The van der Waals surface area contributed by atoms with Crippen LogP contribution in [0.1, 0.15) is 28.8 Å². The quantitative estimate of drug-likeness (QED) is 0.455. The second-order valence-electron chi connectivity index (χ2n) is 7.21. The maximum absolute atomic E-state index is 12.9. The van der Waals surface area contributed by atoms with Gasteiger partial charge in [-0.1, -0.05) is 0 Å². The number of Topliss-reactive ketones (excluding diaryl/α,β-unsaturated/α-hetero) is 1. The lowest BCUT2D eigenvalue weighted by Gasteiger charge is -2.33. The molecule has 0 unspecified atom stereocenters. The lowest BCUT2D eigenvalue weighted by atomic mass is 9.88. The molecule has 0 aromatic heterocycles. The third-order valence-electron chi connectivity index (χ3n) is 5.43. The summed E-state index contributed by atoms with van der Waals surface area (Å²) in [6.45, 7) is 4.27. The maximum Gasteiger partial charge on any atom is 0.272 e. The van der Waals surface area contributed by atoms with Crippen molar-refractivity contribution in [1.29, 1.82) is 0 Å². The highest BCUT2D eigenvalue weighted by Gasteiger charge is 2.27. The Morgan fingerprint density at radius 3 is 2.46 bits per heavy atom. The summed E-state index contributed by atoms with van der Waals surface area (Å²) in [4.78, 5) is 25.7. The highest BCUT2D eigenvalue weighted by atomic mass is 16.6. The van der Waals surface area contributed by atoms with Crippen LogP contribution in [0.2, 0.25) is 0 Å². The molecule has 2 aliphatic heterocycles. The molecule has 28 heavy (non-hydrogen) atoms. The summed E-state index contributed by atoms with van der Waals surface area (Å²) in [5.41, 5.74) is 2.41. The first-order valence-electron chi connectivity index (χ1n) is 9.47. The van der Waals surface area contributed by atoms with Crippen molar-refractivity contribution in [2.75, 3.05) is 31.2 Å². The van der Waals surface area contributed by atoms with Gasteiger partial charge in [0.15, 0.2) is 17.3 Å². The molecule has 1 saturated heterocycles. The number of benzene rings is 2. The Hall–Kier alpha value is -3.09. The molecule has 0 N–H and O–H groups in total. The van der Waals surface area contributed by atoms with Gasteiger partial charge in [-0.15, -0.1) is 0 Å². The Bertz CT molecular complexity index is 919. The summed E-state index contributed by atoms with van der Waals surface area (Å²) < 4.78 is 11.1. The molecule has 0 aliphatic carbocycles. The summed E-state index contributed by atoms with van der Waals surface area (Å²) in [7, 11) is 0. The van der Waals surface area contributed by atoms with Crippen LogP contribution in [0.3, 0.4) is 0 Å². The minimum Gasteiger partial charge on any atom is -0.486 e. The molecule has 0 bridgehead atoms. The van der Waals surface area contributed by atoms with Crippen LogP contribution < -0.4 is 14.4 Å². The minimum absolute atomic E-state index is 0.0297. The van der Waals surface area contributed by atoms with Gasteiger partial charge in [0.05, 0.1) is 4.92 Å². The van der Waals surface area contributed by atoms with Crippen molar-refractivity contribution in [1.82, 2.24) is 0 Å². The van der Waals surface area contributed by atoms with E-state index in [0.29, 0.717) is 35.8 Å². The van der Waals surface area contributed by atoms with E-state index in [1.54, 1.807) is 31.2 Å². The van der Waals surface area contributed by atoms with Gasteiger partial charge in [-0.25, -0.2) is 0 Å². The smallest absolute Gasteiger partial charge is 0.272 e. The van der Waals surface area contributed by atoms with Gasteiger partial charge in [-0.2, -0.15) is 0 Å². The molecule has 7 heteroatoms. The monoisotopic (exact) mass is 382 g/mol. The average molecular weight is 382 g/mol. The standard InChI is InChI=1S/C21H22N2O5/c1-14-12-17(3-4-18(14)23(25)26)22-8-6-15(7-9-22)21(24)16-2-5-19-20(13-16)28-11-10-27-19/h2-5,12-13,15H,6-11H2,1H3. The minimum atomic E-state index is -0.364. The van der Waals surface area contributed by atoms with E-state index in [0.717, 1.165) is 31.6 Å². The van der Waals surface area contributed by atoms with Gasteiger partial charge in [-0.3, -0.25) is 14.9 Å². The summed E-state index contributed by atoms with van der Waals surface area (Å²) in [5.74, 6) is 1.43. The van der Waals surface area contributed by atoms with Gasteiger partial charge < -0.3 is 14.4 Å². The molecule has 2 aliphatic rings. The number of ether oxygens (including phenoxy) is 2. The van der Waals surface area contributed by atoms with Crippen LogP contribution in [0.25, 0.3) is 0 Å². The second kappa shape index (κ2) is 7.50. The normalized spacial score (nSPS) is 16.7. The molecule has 2 aromatic rings. The zero-order valence-corrected chi connectivity index (χ0v) is 15.7. The summed E-state index contributed by atoms with van der Waals surface area (Å²) >= 11 is 0. The van der Waals surface area contributed by atoms with Crippen LogP contribution in [-0.4, -0.2) is 37.0 Å². The average Bonchev–Trinajstić information content (AvgIpc) is 2.72. The number of aryl methyl sites for hydroxylation is 1. The van der Waals surface area contributed by atoms with Crippen LogP contribution in [0.4, 0.5) is 11.4 Å². The Kier molecular flexibility index (Phi) is 4.90. The molecular weight excluding hydrogens is 360 g/mol. The molecule has 146 valence electrons. The molecule has 0 amide bonds. The van der Waals surface area contributed by atoms with Crippen LogP contribution in [0.5, 0.6) is 11.5 Å². The summed E-state index contributed by atoms with van der Waals surface area (Å²) in [6, 6.07) is 10.6. The molecular formula is C21H22N2O5. The predicted molar refractivity (Wildman–Crippen MR) is 105 cm³/mol. The summed E-state index contributed by atoms with van der Waals surface area (Å²) in [6.07, 6.45) is 1.51. The van der Waals surface area contributed by atoms with Crippen LogP contribution in [0, 0.1) is 23.0 Å². The second-order valence-corrected chi connectivity index (χ2v) is 7.21. The molecule has 2 aromatic carbocycles. The van der Waals surface area contributed by atoms with E-state index in [4.69, 9.17) is 9.47 Å². The van der Waals surface area contributed by atoms with Crippen molar-refractivity contribution in [2.24, 2.45) is 5.92 Å². The van der Waals surface area contributed by atoms with Crippen molar-refractivity contribution >= 4 is 17.2 Å². The highest BCUT2D eigenvalue weighted by Crippen LogP contribution is 2.33. The molecule has 4 rings (SSSR count). The summed E-state index contributed by atoms with van der Waals surface area (Å²) in [5, 5.41) is 11.0. The van der Waals surface area contributed by atoms with Gasteiger partial charge in [-0.05, 0) is 50.1 Å². The van der Waals surface area contributed by atoms with Crippen molar-refractivity contribution < 1.29 is 19.2 Å². The van der Waals surface area contributed by atoms with E-state index in [1.807, 2.05) is 12.1 Å². The lowest BCUT2D eigenvalue weighted by Crippen LogP contribution is -2.36. The van der Waals surface area contributed by atoms with E-state index < -0.39 is 0 Å². The van der Waals surface area contributed by atoms with Crippen molar-refractivity contribution in [3.05, 3.63) is 57.6 Å². The largest absolute Gasteiger partial charge is 0.486 e. The maximum atomic E-state index is 12.9. The first-order valence-corrected chi connectivity index (χ1v) is 9.47. The highest BCUT2D eigenvalue weighted by molar-refractivity contribution is 5.98. The molecule has 0 radical (unpaired) electrons. The number of anilines is 1. The number of carbonyl (C=O) groups excluding carboxylic acids is 1. The Morgan fingerprint density at radius 2 is 1.79 bits per heavy atom. The number of carbonyl (C=O) groups is 1. The van der Waals surface area contributed by atoms with Crippen LogP contribution in [-0.2, 0) is 0 Å². The Labute approximate surface area is 163 Å². The fraction of sp³-hybridized carbons (Fsp3) is 0.381. The first kappa shape index (κ1) is 18.3. The van der Waals surface area contributed by atoms with E-state index in [-0.39, 0.29) is 22.3 Å². The third-order valence-corrected chi connectivity index (χ3v) is 5.43. The van der Waals surface area contributed by atoms with Gasteiger partial charge in [0.25, 0.3) is 5.69 Å². The van der Waals surface area contributed by atoms with Crippen molar-refractivity contribution in [2.45, 2.75) is 19.8 Å². The molecule has 0 spiro atoms. The topological polar surface area (TPSA) is 81.9 Å². The van der Waals surface area contributed by atoms with Gasteiger partial charge in [0, 0.05) is 41.9 Å². The lowest BCUT2D eigenvalue weighted by molar-refractivity contribution is -0.385. The fourth-order valence-corrected chi connectivity index (χ4v) is 3.87. The fourth-order valence-electron chi connectivity index (χ4n) is 3.87. The Balaban J connectivity index is 1.42. The van der Waals surface area contributed by atoms with Gasteiger partial charge in [0.2, 0.25) is 0 Å². The number of nitro groups is 1. The number of hydrogen-bond donors (Lipinski definition) is 0. The van der Waals surface area contributed by atoms with E-state index in [2.05, 4.69) is 4.90 Å². The molecule has 7 nitrogen and oxygen atoms in total. The van der Waals surface area contributed by atoms with Crippen LogP contribution >= 0.6 is 0 Å². The van der Waals surface area contributed by atoms with E-state index >= 15 is 0 Å². The zero-order valence-electron chi connectivity index (χ0n) is 15.7. The number of ketones is 1. The van der Waals surface area contributed by atoms with Crippen molar-refractivity contribution in [3.63, 3.8) is 0 Å². The van der Waals surface area contributed by atoms with Crippen molar-refractivity contribution in [3.8, 4) is 11.5 Å². The number of rotatable bonds is 4. The van der Waals surface area contributed by atoms with Gasteiger partial charge >= 0.3 is 0 Å². The molecule has 0 saturated carbocycles. The molecule has 1 fully saturated rings. The van der Waals surface area contributed by atoms with E-state index in [1.165, 1.54) is 0 Å². The third kappa shape index (κ3) is 3.52. The van der Waals surface area contributed by atoms with Gasteiger partial charge in [0.1, 0.15) is 13.2 Å². The first-order chi connectivity index (χ1) is 13.5. The number of hydrogen-bond acceptors (Lipinski definition) is 6. The van der Waals surface area contributed by atoms with E-state index in [9.17, 15) is 14.9 Å². The zero-order chi connectivity index (χ0) is 19.7. The molecule has 2 heterocycles. The number of nitro benzene ring substituents is 1. The number of nitrogens with zero attached hydrogens (tertiary/aromatic N) is 2. The SMILES string of the molecule is Cc1cc(N2CCC(C(=O)c3ccc4c(c3)OCCO4)CC2)ccc1[N+](=O)[O-]. The number of fused-ring (bicyclic) bond motifs is 1. The predicted octanol–water partition coefficient (Wildman–Crippen LogP) is 3.77. The van der Waals surface area contributed by atoms with Crippen LogP contribution in [0.15, 0.2) is 36.4 Å².